The summed E-state index contributed by atoms with van der Waals surface area (Å²) in [7, 11) is 4.38. The third-order valence-corrected chi connectivity index (χ3v) is 7.18. The molecule has 10 nitrogen and oxygen atoms in total. The fourth-order valence-electron chi connectivity index (χ4n) is 4.03. The molecule has 0 atom stereocenters. The fraction of sp³-hybridized carbons (Fsp3) is 0.0909. The minimum Gasteiger partial charge on any atom is -0.493 e. The van der Waals surface area contributed by atoms with E-state index in [0.29, 0.717) is 37.4 Å². The molecule has 0 fully saturated rings. The third kappa shape index (κ3) is 8.80. The summed E-state index contributed by atoms with van der Waals surface area (Å²) < 4.78 is 22.7. The van der Waals surface area contributed by atoms with Crippen molar-refractivity contribution in [3.05, 3.63) is 116 Å². The number of ether oxygens (including phenoxy) is 4. The van der Waals surface area contributed by atoms with Gasteiger partial charge in [-0.2, -0.15) is 5.10 Å². The van der Waals surface area contributed by atoms with Gasteiger partial charge in [0, 0.05) is 32.9 Å². The van der Waals surface area contributed by atoms with Gasteiger partial charge in [0.25, 0.3) is 11.8 Å². The van der Waals surface area contributed by atoms with Gasteiger partial charge in [-0.3, -0.25) is 9.59 Å². The molecule has 2 N–H and O–H groups in total. The van der Waals surface area contributed by atoms with Crippen LogP contribution in [0.4, 0.5) is 5.69 Å². The van der Waals surface area contributed by atoms with Gasteiger partial charge in [0.1, 0.15) is 0 Å². The largest absolute Gasteiger partial charge is 0.493 e. The summed E-state index contributed by atoms with van der Waals surface area (Å²) in [6, 6.07) is 22.1. The Morgan fingerprint density at radius 1 is 0.756 bits per heavy atom. The zero-order chi connectivity index (χ0) is 32.3. The summed E-state index contributed by atoms with van der Waals surface area (Å²) in [6.45, 7) is 0. The van der Waals surface area contributed by atoms with Crippen molar-refractivity contribution in [3.8, 4) is 23.0 Å². The van der Waals surface area contributed by atoms with Gasteiger partial charge in [-0.25, -0.2) is 10.2 Å². The van der Waals surface area contributed by atoms with Gasteiger partial charge in [-0.1, -0.05) is 52.3 Å². The number of hydrazone groups is 1. The van der Waals surface area contributed by atoms with E-state index in [1.165, 1.54) is 51.8 Å². The van der Waals surface area contributed by atoms with Gasteiger partial charge < -0.3 is 24.3 Å². The number of halogens is 2. The van der Waals surface area contributed by atoms with E-state index in [1.54, 1.807) is 36.4 Å². The number of esters is 1. The average molecular weight is 737 g/mol. The van der Waals surface area contributed by atoms with Crippen LogP contribution in [-0.4, -0.2) is 45.3 Å². The highest BCUT2D eigenvalue weighted by Crippen LogP contribution is 2.38. The van der Waals surface area contributed by atoms with Crippen molar-refractivity contribution < 1.29 is 33.3 Å². The number of carbonyl (C=O) groups excluding carboxylic acids is 3. The second-order valence-corrected chi connectivity index (χ2v) is 10.9. The van der Waals surface area contributed by atoms with E-state index < -0.39 is 17.8 Å². The van der Waals surface area contributed by atoms with Crippen LogP contribution in [0.3, 0.4) is 0 Å². The Morgan fingerprint density at radius 3 is 2.13 bits per heavy atom. The van der Waals surface area contributed by atoms with Crippen LogP contribution in [0.15, 0.2) is 99.0 Å². The number of methoxy groups -OCH3 is 3. The third-order valence-electron chi connectivity index (χ3n) is 6.13. The highest BCUT2D eigenvalue weighted by atomic mass is 79.9. The van der Waals surface area contributed by atoms with Gasteiger partial charge in [0.05, 0.1) is 32.0 Å². The summed E-state index contributed by atoms with van der Waals surface area (Å²) in [5.41, 5.74) is 4.59. The molecule has 0 saturated carbocycles. The van der Waals surface area contributed by atoms with Crippen LogP contribution in [0.2, 0.25) is 0 Å². The summed E-state index contributed by atoms with van der Waals surface area (Å²) in [4.78, 5) is 38.4. The smallest absolute Gasteiger partial charge is 0.336 e. The standard InChI is InChI=1S/C33H27Br2N3O7/c1-42-27-16-22(17-28(43-2)31(27)44-3)32(40)37-25-11-7-10-21(15-25)33(41)38-36-19-23-14-24(34)18-26(35)30(23)45-29(39)13-12-20-8-5-4-6-9-20/h4-19H,1-3H3,(H,37,40)(H,38,41)/b13-12+,36-19?. The van der Waals surface area contributed by atoms with E-state index in [2.05, 4.69) is 47.7 Å². The van der Waals surface area contributed by atoms with E-state index in [1.807, 2.05) is 30.3 Å². The Bertz CT molecular complexity index is 1750. The molecule has 0 saturated heterocycles. The number of nitrogens with one attached hydrogen (secondary N) is 2. The maximum Gasteiger partial charge on any atom is 0.336 e. The van der Waals surface area contributed by atoms with Crippen molar-refractivity contribution in [2.75, 3.05) is 26.6 Å². The van der Waals surface area contributed by atoms with Crippen LogP contribution < -0.4 is 29.7 Å². The van der Waals surface area contributed by atoms with Crippen molar-refractivity contribution in [2.45, 2.75) is 0 Å². The number of hydrogen-bond acceptors (Lipinski definition) is 8. The highest BCUT2D eigenvalue weighted by molar-refractivity contribution is 9.11. The van der Waals surface area contributed by atoms with Gasteiger partial charge in [-0.05, 0) is 70.0 Å². The van der Waals surface area contributed by atoms with E-state index in [9.17, 15) is 14.4 Å². The predicted octanol–water partition coefficient (Wildman–Crippen LogP) is 6.87. The second-order valence-electron chi connectivity index (χ2n) is 9.12. The summed E-state index contributed by atoms with van der Waals surface area (Å²) >= 11 is 6.82. The van der Waals surface area contributed by atoms with Crippen LogP contribution >= 0.6 is 31.9 Å². The van der Waals surface area contributed by atoms with Crippen LogP contribution in [0.5, 0.6) is 23.0 Å². The van der Waals surface area contributed by atoms with Gasteiger partial charge in [0.15, 0.2) is 17.2 Å². The number of nitrogens with zero attached hydrogens (tertiary/aromatic N) is 1. The maximum atomic E-state index is 13.0. The topological polar surface area (TPSA) is 125 Å². The minimum absolute atomic E-state index is 0.218. The second kappa shape index (κ2) is 15.7. The number of hydrogen-bond donors (Lipinski definition) is 2. The summed E-state index contributed by atoms with van der Waals surface area (Å²) in [6.07, 6.45) is 4.32. The molecule has 12 heteroatoms. The molecule has 0 aliphatic carbocycles. The predicted molar refractivity (Wildman–Crippen MR) is 179 cm³/mol. The van der Waals surface area contributed by atoms with Crippen molar-refractivity contribution in [1.82, 2.24) is 5.43 Å². The summed E-state index contributed by atoms with van der Waals surface area (Å²) in [5, 5.41) is 6.81. The van der Waals surface area contributed by atoms with E-state index in [4.69, 9.17) is 18.9 Å². The number of benzene rings is 4. The molecule has 4 aromatic rings. The molecule has 0 radical (unpaired) electrons. The molecule has 0 heterocycles. The Morgan fingerprint density at radius 2 is 1.47 bits per heavy atom. The maximum absolute atomic E-state index is 13.0. The highest BCUT2D eigenvalue weighted by Gasteiger charge is 2.18. The quantitative estimate of drug-likeness (QED) is 0.0566. The molecule has 0 aliphatic heterocycles. The summed E-state index contributed by atoms with van der Waals surface area (Å²) in [5.74, 6) is -0.351. The monoisotopic (exact) mass is 735 g/mol. The van der Waals surface area contributed by atoms with Crippen LogP contribution in [-0.2, 0) is 4.79 Å². The number of carbonyl (C=O) groups is 3. The first-order valence-corrected chi connectivity index (χ1v) is 14.8. The number of amides is 2. The fourth-order valence-corrected chi connectivity index (χ4v) is 5.36. The molecule has 0 aromatic heterocycles. The minimum atomic E-state index is -0.592. The molecular weight excluding hydrogens is 710 g/mol. The first kappa shape index (κ1) is 33.0. The molecule has 4 rings (SSSR count). The van der Waals surface area contributed by atoms with E-state index in [0.717, 1.165) is 5.56 Å². The Hall–Kier alpha value is -4.94. The SMILES string of the molecule is COc1cc(C(=O)Nc2cccc(C(=O)NN=Cc3cc(Br)cc(Br)c3OC(=O)/C=C/c3ccccc3)c2)cc(OC)c1OC. The van der Waals surface area contributed by atoms with Gasteiger partial charge >= 0.3 is 5.97 Å². The molecule has 0 spiro atoms. The molecule has 4 aromatic carbocycles. The lowest BCUT2D eigenvalue weighted by Crippen LogP contribution is -2.18. The van der Waals surface area contributed by atoms with Crippen LogP contribution in [0.1, 0.15) is 31.8 Å². The lowest BCUT2D eigenvalue weighted by Gasteiger charge is -2.14. The molecule has 0 unspecified atom stereocenters. The molecule has 0 aliphatic rings. The number of anilines is 1. The van der Waals surface area contributed by atoms with Gasteiger partial charge in [-0.15, -0.1) is 0 Å². The molecular formula is C33H27Br2N3O7. The molecule has 230 valence electrons. The van der Waals surface area contributed by atoms with Crippen LogP contribution in [0, 0.1) is 0 Å². The lowest BCUT2D eigenvalue weighted by molar-refractivity contribution is -0.128. The van der Waals surface area contributed by atoms with Gasteiger partial charge in [0.2, 0.25) is 5.75 Å². The van der Waals surface area contributed by atoms with Crippen molar-refractivity contribution in [1.29, 1.82) is 0 Å². The first-order chi connectivity index (χ1) is 21.7. The normalized spacial score (nSPS) is 10.9. The molecule has 0 bridgehead atoms. The lowest BCUT2D eigenvalue weighted by atomic mass is 10.1. The molecule has 45 heavy (non-hydrogen) atoms. The Labute approximate surface area is 276 Å². The Balaban J connectivity index is 1.45. The zero-order valence-electron chi connectivity index (χ0n) is 24.3. The van der Waals surface area contributed by atoms with E-state index >= 15 is 0 Å². The Kier molecular flexibility index (Phi) is 11.5. The van der Waals surface area contributed by atoms with Crippen molar-refractivity contribution in [2.24, 2.45) is 5.10 Å². The van der Waals surface area contributed by atoms with Crippen molar-refractivity contribution in [3.63, 3.8) is 0 Å². The van der Waals surface area contributed by atoms with E-state index in [-0.39, 0.29) is 16.9 Å². The average Bonchev–Trinajstić information content (AvgIpc) is 3.05. The van der Waals surface area contributed by atoms with Crippen molar-refractivity contribution >= 4 is 67.6 Å². The number of rotatable bonds is 11. The first-order valence-electron chi connectivity index (χ1n) is 13.2. The molecule has 2 amide bonds. The zero-order valence-corrected chi connectivity index (χ0v) is 27.5. The van der Waals surface area contributed by atoms with Crippen LogP contribution in [0.25, 0.3) is 6.08 Å².